The van der Waals surface area contributed by atoms with E-state index in [1.807, 2.05) is 29.6 Å². The van der Waals surface area contributed by atoms with Gasteiger partial charge in [0.1, 0.15) is 5.60 Å². The van der Waals surface area contributed by atoms with Crippen molar-refractivity contribution in [1.29, 1.82) is 0 Å². The monoisotopic (exact) mass is 463 g/mol. The number of carbonyl (C=O) groups is 3. The Morgan fingerprint density at radius 2 is 1.82 bits per heavy atom. The van der Waals surface area contributed by atoms with Crippen molar-refractivity contribution in [2.24, 2.45) is 0 Å². The minimum absolute atomic E-state index is 0.00458. The Kier molecular flexibility index (Phi) is 5.95. The standard InChI is InChI=1S/C25H25N3O4S/c1-25(2,3)32-24(31)27-18-9-7-15(21-6-5-11-33-21)13-19(18)26-23(30)16-8-10-20-17(12-16)14-22(29)28(20)4/h5-13H,14H2,1-4H3,(H,26,30)(H,27,31). The van der Waals surface area contributed by atoms with Gasteiger partial charge in [-0.2, -0.15) is 0 Å². The smallest absolute Gasteiger partial charge is 0.412 e. The summed E-state index contributed by atoms with van der Waals surface area (Å²) in [6, 6.07) is 14.6. The number of nitrogens with one attached hydrogen (secondary N) is 2. The van der Waals surface area contributed by atoms with Crippen LogP contribution < -0.4 is 15.5 Å². The van der Waals surface area contributed by atoms with Gasteiger partial charge in [0.15, 0.2) is 0 Å². The molecule has 0 spiro atoms. The first kappa shape index (κ1) is 22.5. The third kappa shape index (κ3) is 5.06. The fourth-order valence-corrected chi connectivity index (χ4v) is 4.30. The van der Waals surface area contributed by atoms with Crippen molar-refractivity contribution in [2.45, 2.75) is 32.8 Å². The largest absolute Gasteiger partial charge is 0.444 e. The third-order valence-electron chi connectivity index (χ3n) is 5.13. The summed E-state index contributed by atoms with van der Waals surface area (Å²) in [4.78, 5) is 40.0. The number of amides is 3. The fourth-order valence-electron chi connectivity index (χ4n) is 3.57. The number of likely N-dealkylation sites (N-methyl/N-ethyl adjacent to an activating group) is 1. The maximum atomic E-state index is 13.1. The van der Waals surface area contributed by atoms with Crippen LogP contribution in [-0.2, 0) is 16.0 Å². The fraction of sp³-hybridized carbons (Fsp3) is 0.240. The molecule has 0 unspecified atom stereocenters. The number of anilines is 3. The van der Waals surface area contributed by atoms with E-state index in [0.29, 0.717) is 16.9 Å². The van der Waals surface area contributed by atoms with Crippen molar-refractivity contribution in [1.82, 2.24) is 0 Å². The first-order valence-electron chi connectivity index (χ1n) is 10.5. The molecular formula is C25H25N3O4S. The molecular weight excluding hydrogens is 438 g/mol. The first-order chi connectivity index (χ1) is 15.6. The molecule has 33 heavy (non-hydrogen) atoms. The van der Waals surface area contributed by atoms with Gasteiger partial charge >= 0.3 is 6.09 Å². The van der Waals surface area contributed by atoms with Gasteiger partial charge in [0.25, 0.3) is 5.91 Å². The van der Waals surface area contributed by atoms with Gasteiger partial charge in [-0.3, -0.25) is 14.9 Å². The molecule has 1 aliphatic rings. The number of thiophene rings is 1. The van der Waals surface area contributed by atoms with Crippen LogP contribution in [0, 0.1) is 0 Å². The van der Waals surface area contributed by atoms with E-state index in [9.17, 15) is 14.4 Å². The lowest BCUT2D eigenvalue weighted by atomic mass is 10.1. The predicted octanol–water partition coefficient (Wildman–Crippen LogP) is 5.53. The highest BCUT2D eigenvalue weighted by atomic mass is 32.1. The second-order valence-electron chi connectivity index (χ2n) is 8.79. The summed E-state index contributed by atoms with van der Waals surface area (Å²) in [5, 5.41) is 7.61. The van der Waals surface area contributed by atoms with E-state index < -0.39 is 11.7 Å². The van der Waals surface area contributed by atoms with Gasteiger partial charge in [-0.05, 0) is 73.7 Å². The van der Waals surface area contributed by atoms with Crippen molar-refractivity contribution < 1.29 is 19.1 Å². The quantitative estimate of drug-likeness (QED) is 0.532. The highest BCUT2D eigenvalue weighted by Crippen LogP contribution is 2.33. The van der Waals surface area contributed by atoms with Gasteiger partial charge in [0, 0.05) is 23.2 Å². The van der Waals surface area contributed by atoms with Crippen LogP contribution in [0.5, 0.6) is 0 Å². The minimum Gasteiger partial charge on any atom is -0.444 e. The highest BCUT2D eigenvalue weighted by Gasteiger charge is 2.25. The lowest BCUT2D eigenvalue weighted by Gasteiger charge is -2.21. The third-order valence-corrected chi connectivity index (χ3v) is 6.05. The topological polar surface area (TPSA) is 87.7 Å². The molecule has 0 atom stereocenters. The Labute approximate surface area is 196 Å². The van der Waals surface area contributed by atoms with E-state index in [0.717, 1.165) is 21.7 Å². The maximum Gasteiger partial charge on any atom is 0.412 e. The average Bonchev–Trinajstić information content (AvgIpc) is 3.36. The molecule has 1 aliphatic heterocycles. The van der Waals surface area contributed by atoms with Gasteiger partial charge in [0.2, 0.25) is 5.91 Å². The first-order valence-corrected chi connectivity index (χ1v) is 11.4. The van der Waals surface area contributed by atoms with Crippen molar-refractivity contribution in [3.8, 4) is 10.4 Å². The Bertz CT molecular complexity index is 1230. The SMILES string of the molecule is CN1C(=O)Cc2cc(C(=O)Nc3cc(-c4cccs4)ccc3NC(=O)OC(C)(C)C)ccc21. The molecule has 4 rings (SSSR count). The van der Waals surface area contributed by atoms with Crippen LogP contribution >= 0.6 is 11.3 Å². The van der Waals surface area contributed by atoms with Crippen LogP contribution in [0.2, 0.25) is 0 Å². The lowest BCUT2D eigenvalue weighted by Crippen LogP contribution is -2.27. The summed E-state index contributed by atoms with van der Waals surface area (Å²) in [5.41, 5.74) is 3.19. The van der Waals surface area contributed by atoms with E-state index in [4.69, 9.17) is 4.74 Å². The molecule has 3 aromatic rings. The molecule has 0 bridgehead atoms. The highest BCUT2D eigenvalue weighted by molar-refractivity contribution is 7.13. The number of hydrogen-bond acceptors (Lipinski definition) is 5. The van der Waals surface area contributed by atoms with Gasteiger partial charge in [0.05, 0.1) is 17.8 Å². The Morgan fingerprint density at radius 3 is 2.52 bits per heavy atom. The van der Waals surface area contributed by atoms with Gasteiger partial charge in [-0.1, -0.05) is 12.1 Å². The number of fused-ring (bicyclic) bond motifs is 1. The van der Waals surface area contributed by atoms with Crippen LogP contribution in [0.15, 0.2) is 53.9 Å². The van der Waals surface area contributed by atoms with E-state index in [2.05, 4.69) is 10.6 Å². The Hall–Kier alpha value is -3.65. The maximum absolute atomic E-state index is 13.1. The molecule has 0 fully saturated rings. The zero-order chi connectivity index (χ0) is 23.8. The van der Waals surface area contributed by atoms with Crippen molar-refractivity contribution in [3.63, 3.8) is 0 Å². The van der Waals surface area contributed by atoms with Crippen molar-refractivity contribution >= 4 is 46.3 Å². The number of ether oxygens (including phenoxy) is 1. The summed E-state index contributed by atoms with van der Waals surface area (Å²) < 4.78 is 5.36. The van der Waals surface area contributed by atoms with Crippen LogP contribution in [0.1, 0.15) is 36.7 Å². The zero-order valence-corrected chi connectivity index (χ0v) is 19.7. The minimum atomic E-state index is -0.653. The van der Waals surface area contributed by atoms with Gasteiger partial charge in [-0.25, -0.2) is 4.79 Å². The van der Waals surface area contributed by atoms with E-state index in [1.54, 1.807) is 68.3 Å². The van der Waals surface area contributed by atoms with Crippen LogP contribution in [0.4, 0.5) is 21.9 Å². The molecule has 0 saturated heterocycles. The number of benzene rings is 2. The molecule has 7 nitrogen and oxygen atoms in total. The van der Waals surface area contributed by atoms with Crippen molar-refractivity contribution in [2.75, 3.05) is 22.6 Å². The molecule has 8 heteroatoms. The average molecular weight is 464 g/mol. The second kappa shape index (κ2) is 8.71. The lowest BCUT2D eigenvalue weighted by molar-refractivity contribution is -0.117. The summed E-state index contributed by atoms with van der Waals surface area (Å²) >= 11 is 1.58. The van der Waals surface area contributed by atoms with Gasteiger partial charge in [-0.15, -0.1) is 11.3 Å². The number of rotatable bonds is 4. The molecule has 1 aromatic heterocycles. The normalized spacial score (nSPS) is 13.0. The molecule has 0 saturated carbocycles. The molecule has 3 amide bonds. The molecule has 2 heterocycles. The predicted molar refractivity (Wildman–Crippen MR) is 131 cm³/mol. The summed E-state index contributed by atoms with van der Waals surface area (Å²) in [6.07, 6.45) is -0.340. The molecule has 2 aromatic carbocycles. The zero-order valence-electron chi connectivity index (χ0n) is 18.9. The van der Waals surface area contributed by atoms with Crippen LogP contribution in [0.25, 0.3) is 10.4 Å². The number of carbonyl (C=O) groups excluding carboxylic acids is 3. The van der Waals surface area contributed by atoms with E-state index in [-0.39, 0.29) is 18.2 Å². The Morgan fingerprint density at radius 1 is 1.03 bits per heavy atom. The Balaban J connectivity index is 1.62. The van der Waals surface area contributed by atoms with E-state index in [1.165, 1.54) is 0 Å². The summed E-state index contributed by atoms with van der Waals surface area (Å²) in [5.74, 6) is -0.342. The molecule has 0 radical (unpaired) electrons. The molecule has 0 aliphatic carbocycles. The number of hydrogen-bond donors (Lipinski definition) is 2. The second-order valence-corrected chi connectivity index (χ2v) is 9.74. The summed E-state index contributed by atoms with van der Waals surface area (Å²) in [6.45, 7) is 5.35. The number of nitrogens with zero attached hydrogens (tertiary/aromatic N) is 1. The molecule has 2 N–H and O–H groups in total. The molecule has 170 valence electrons. The van der Waals surface area contributed by atoms with Crippen LogP contribution in [-0.4, -0.2) is 30.6 Å². The van der Waals surface area contributed by atoms with E-state index >= 15 is 0 Å². The summed E-state index contributed by atoms with van der Waals surface area (Å²) in [7, 11) is 1.72. The van der Waals surface area contributed by atoms with Crippen molar-refractivity contribution in [3.05, 3.63) is 65.0 Å². The van der Waals surface area contributed by atoms with Crippen LogP contribution in [0.3, 0.4) is 0 Å². The van der Waals surface area contributed by atoms with Gasteiger partial charge < -0.3 is 15.0 Å².